The number of benzene rings is 1. The number of aliphatic hydroxyl groups is 1. The zero-order valence-corrected chi connectivity index (χ0v) is 12.5. The fourth-order valence-electron chi connectivity index (χ4n) is 2.60. The second-order valence-electron chi connectivity index (χ2n) is 5.30. The fourth-order valence-corrected chi connectivity index (χ4v) is 2.60. The van der Waals surface area contributed by atoms with Crippen LogP contribution in [0.1, 0.15) is 12.0 Å². The Morgan fingerprint density at radius 2 is 2.17 bits per heavy atom. The van der Waals surface area contributed by atoms with Crippen molar-refractivity contribution < 1.29 is 29.1 Å². The van der Waals surface area contributed by atoms with Crippen molar-refractivity contribution in [2.75, 3.05) is 6.61 Å². The molecule has 1 aromatic rings. The summed E-state index contributed by atoms with van der Waals surface area (Å²) in [5.41, 5.74) is 0.517. The van der Waals surface area contributed by atoms with E-state index in [-0.39, 0.29) is 37.0 Å². The summed E-state index contributed by atoms with van der Waals surface area (Å²) in [6.07, 6.45) is 1.02. The number of nitrogens with zero attached hydrogens (tertiary/aromatic N) is 2. The molecule has 1 N–H and O–H groups in total. The maximum Gasteiger partial charge on any atom is 0.337 e. The quantitative estimate of drug-likeness (QED) is 0.360. The standard InChI is InChI=1S/C15H14N2O7/c18-6-5-11-14(16-12(19)7-13(16)24-11)15(20)23-8-9-1-3-10(4-2-9)17(21)22/h1-5,13-14,18H,6-8H2/t13?,14-/m1/s1. The molecule has 2 saturated heterocycles. The van der Waals surface area contributed by atoms with Gasteiger partial charge in [-0.15, -0.1) is 0 Å². The van der Waals surface area contributed by atoms with Crippen LogP contribution in [0.15, 0.2) is 36.1 Å². The van der Waals surface area contributed by atoms with Crippen LogP contribution < -0.4 is 0 Å². The molecule has 1 unspecified atom stereocenters. The van der Waals surface area contributed by atoms with Crippen LogP contribution >= 0.6 is 0 Å². The van der Waals surface area contributed by atoms with Crippen molar-refractivity contribution in [2.45, 2.75) is 25.3 Å². The number of nitro benzene ring substituents is 1. The number of hydrogen-bond acceptors (Lipinski definition) is 7. The number of carbonyl (C=O) groups excluding carboxylic acids is 2. The molecule has 9 nitrogen and oxygen atoms in total. The number of hydrogen-bond donors (Lipinski definition) is 1. The first-order valence-corrected chi connectivity index (χ1v) is 7.20. The molecule has 2 heterocycles. The van der Waals surface area contributed by atoms with Crippen molar-refractivity contribution in [2.24, 2.45) is 0 Å². The number of amides is 1. The molecule has 2 aliphatic heterocycles. The minimum Gasteiger partial charge on any atom is -0.472 e. The Labute approximate surface area is 136 Å². The highest BCUT2D eigenvalue weighted by Crippen LogP contribution is 2.36. The Hall–Kier alpha value is -2.94. The van der Waals surface area contributed by atoms with Crippen molar-refractivity contribution in [3.8, 4) is 0 Å². The smallest absolute Gasteiger partial charge is 0.337 e. The highest BCUT2D eigenvalue weighted by Gasteiger charge is 2.54. The molecule has 0 aromatic heterocycles. The second-order valence-corrected chi connectivity index (χ2v) is 5.30. The maximum atomic E-state index is 12.3. The number of carbonyl (C=O) groups is 2. The number of esters is 1. The summed E-state index contributed by atoms with van der Waals surface area (Å²) < 4.78 is 10.6. The molecule has 0 aliphatic carbocycles. The van der Waals surface area contributed by atoms with Crippen LogP contribution in [-0.2, 0) is 25.7 Å². The summed E-state index contributed by atoms with van der Waals surface area (Å²) in [7, 11) is 0. The summed E-state index contributed by atoms with van der Waals surface area (Å²) >= 11 is 0. The van der Waals surface area contributed by atoms with E-state index in [4.69, 9.17) is 14.6 Å². The van der Waals surface area contributed by atoms with Crippen LogP contribution in [0, 0.1) is 10.1 Å². The van der Waals surface area contributed by atoms with Gasteiger partial charge in [-0.3, -0.25) is 19.8 Å². The Morgan fingerprint density at radius 1 is 1.46 bits per heavy atom. The zero-order chi connectivity index (χ0) is 17.3. The monoisotopic (exact) mass is 334 g/mol. The molecule has 3 rings (SSSR count). The minimum atomic E-state index is -0.999. The Balaban J connectivity index is 1.66. The van der Waals surface area contributed by atoms with Gasteiger partial charge >= 0.3 is 5.97 Å². The van der Waals surface area contributed by atoms with E-state index in [0.29, 0.717) is 5.56 Å². The van der Waals surface area contributed by atoms with Gasteiger partial charge in [0.2, 0.25) is 5.91 Å². The summed E-state index contributed by atoms with van der Waals surface area (Å²) in [4.78, 5) is 35.3. The van der Waals surface area contributed by atoms with E-state index >= 15 is 0 Å². The summed E-state index contributed by atoms with van der Waals surface area (Å²) in [5.74, 6) is -0.704. The lowest BCUT2D eigenvalue weighted by Gasteiger charge is -2.33. The van der Waals surface area contributed by atoms with Crippen LogP contribution in [-0.4, -0.2) is 45.7 Å². The van der Waals surface area contributed by atoms with Gasteiger partial charge in [-0.25, -0.2) is 4.79 Å². The number of rotatable bonds is 5. The molecule has 2 fully saturated rings. The van der Waals surface area contributed by atoms with E-state index in [1.165, 1.54) is 35.2 Å². The van der Waals surface area contributed by atoms with Crippen molar-refractivity contribution in [1.82, 2.24) is 4.90 Å². The first-order chi connectivity index (χ1) is 11.5. The van der Waals surface area contributed by atoms with Gasteiger partial charge in [0.1, 0.15) is 12.4 Å². The van der Waals surface area contributed by atoms with Gasteiger partial charge in [0.05, 0.1) is 18.0 Å². The molecule has 2 aliphatic rings. The molecular formula is C15H14N2O7. The molecule has 0 bridgehead atoms. The Bertz CT molecular complexity index is 713. The third-order valence-electron chi connectivity index (χ3n) is 3.81. The van der Waals surface area contributed by atoms with Crippen LogP contribution in [0.25, 0.3) is 0 Å². The van der Waals surface area contributed by atoms with Gasteiger partial charge in [0.25, 0.3) is 5.69 Å². The van der Waals surface area contributed by atoms with Crippen molar-refractivity contribution in [3.63, 3.8) is 0 Å². The number of nitro groups is 1. The third kappa shape index (κ3) is 2.81. The first-order valence-electron chi connectivity index (χ1n) is 7.20. The molecule has 9 heteroatoms. The van der Waals surface area contributed by atoms with Crippen LogP contribution in [0.3, 0.4) is 0 Å². The Kier molecular flexibility index (Phi) is 4.17. The van der Waals surface area contributed by atoms with E-state index in [9.17, 15) is 19.7 Å². The highest BCUT2D eigenvalue weighted by atomic mass is 16.6. The van der Waals surface area contributed by atoms with Gasteiger partial charge in [-0.05, 0) is 23.8 Å². The average Bonchev–Trinajstić information content (AvgIpc) is 2.85. The largest absolute Gasteiger partial charge is 0.472 e. The van der Waals surface area contributed by atoms with Crippen LogP contribution in [0.4, 0.5) is 5.69 Å². The van der Waals surface area contributed by atoms with Crippen LogP contribution in [0.5, 0.6) is 0 Å². The summed E-state index contributed by atoms with van der Waals surface area (Å²) in [6, 6.07) is 4.60. The summed E-state index contributed by atoms with van der Waals surface area (Å²) in [6.45, 7) is -0.414. The lowest BCUT2D eigenvalue weighted by molar-refractivity contribution is -0.384. The predicted molar refractivity (Wildman–Crippen MR) is 78.2 cm³/mol. The average molecular weight is 334 g/mol. The zero-order valence-electron chi connectivity index (χ0n) is 12.5. The van der Waals surface area contributed by atoms with Crippen molar-refractivity contribution in [1.29, 1.82) is 0 Å². The van der Waals surface area contributed by atoms with Gasteiger partial charge < -0.3 is 14.6 Å². The number of β-lactam (4-membered cyclic amide) rings is 1. The molecule has 2 atom stereocenters. The van der Waals surface area contributed by atoms with Crippen molar-refractivity contribution in [3.05, 3.63) is 51.8 Å². The van der Waals surface area contributed by atoms with E-state index in [0.717, 1.165) is 0 Å². The van der Waals surface area contributed by atoms with Gasteiger partial charge in [0, 0.05) is 12.1 Å². The normalized spacial score (nSPS) is 23.5. The van der Waals surface area contributed by atoms with Gasteiger partial charge in [0.15, 0.2) is 12.3 Å². The lowest BCUT2D eigenvalue weighted by Crippen LogP contribution is -2.55. The third-order valence-corrected chi connectivity index (χ3v) is 3.81. The number of aliphatic hydroxyl groups excluding tert-OH is 1. The molecule has 0 radical (unpaired) electrons. The van der Waals surface area contributed by atoms with Gasteiger partial charge in [-0.1, -0.05) is 0 Å². The van der Waals surface area contributed by atoms with E-state index in [1.54, 1.807) is 0 Å². The molecule has 126 valence electrons. The van der Waals surface area contributed by atoms with E-state index in [1.807, 2.05) is 0 Å². The molecule has 1 amide bonds. The minimum absolute atomic E-state index is 0.0588. The van der Waals surface area contributed by atoms with E-state index < -0.39 is 23.2 Å². The first kappa shape index (κ1) is 15.9. The molecule has 24 heavy (non-hydrogen) atoms. The Morgan fingerprint density at radius 3 is 2.75 bits per heavy atom. The summed E-state index contributed by atoms with van der Waals surface area (Å²) in [5, 5.41) is 19.6. The molecule has 1 aromatic carbocycles. The molecule has 0 saturated carbocycles. The van der Waals surface area contributed by atoms with Crippen LogP contribution in [0.2, 0.25) is 0 Å². The molecular weight excluding hydrogens is 320 g/mol. The maximum absolute atomic E-state index is 12.3. The second kappa shape index (κ2) is 6.28. The fraction of sp³-hybridized carbons (Fsp3) is 0.333. The van der Waals surface area contributed by atoms with Crippen molar-refractivity contribution >= 4 is 17.6 Å². The number of fused-ring (bicyclic) bond motifs is 1. The predicted octanol–water partition coefficient (Wildman–Crippen LogP) is 0.471. The lowest BCUT2D eigenvalue weighted by atomic mass is 10.1. The number of ether oxygens (including phenoxy) is 2. The SMILES string of the molecule is O=C(OCc1ccc([N+](=O)[O-])cc1)[C@H]1C(=CCO)OC2CC(=O)N21. The molecule has 0 spiro atoms. The number of non-ortho nitro benzene ring substituents is 1. The van der Waals surface area contributed by atoms with E-state index in [2.05, 4.69) is 0 Å². The van der Waals surface area contributed by atoms with Gasteiger partial charge in [-0.2, -0.15) is 0 Å². The highest BCUT2D eigenvalue weighted by molar-refractivity contribution is 5.91. The topological polar surface area (TPSA) is 119 Å².